The van der Waals surface area contributed by atoms with Gasteiger partial charge in [-0.25, -0.2) is 4.79 Å². The highest BCUT2D eigenvalue weighted by atomic mass is 35.5. The number of hydrogen-bond donors (Lipinski definition) is 1. The summed E-state index contributed by atoms with van der Waals surface area (Å²) < 4.78 is 5.52. The van der Waals surface area contributed by atoms with E-state index in [1.54, 1.807) is 30.9 Å². The smallest absolute Gasteiger partial charge is 0.410 e. The van der Waals surface area contributed by atoms with E-state index < -0.39 is 5.60 Å². The highest BCUT2D eigenvalue weighted by molar-refractivity contribution is 6.30. The van der Waals surface area contributed by atoms with Crippen LogP contribution in [-0.4, -0.2) is 35.6 Å². The molecule has 0 aliphatic carbocycles. The molecule has 132 valence electrons. The number of likely N-dealkylation sites (tertiary alicyclic amines) is 1. The molecule has 5 nitrogen and oxygen atoms in total. The molecule has 1 heterocycles. The molecule has 0 radical (unpaired) electrons. The van der Waals surface area contributed by atoms with Crippen LogP contribution in [0.4, 0.5) is 4.79 Å². The Morgan fingerprint density at radius 1 is 1.17 bits per heavy atom. The maximum atomic E-state index is 12.2. The molecule has 0 atom stereocenters. The van der Waals surface area contributed by atoms with E-state index in [9.17, 15) is 9.59 Å². The Hall–Kier alpha value is -1.75. The molecule has 0 unspecified atom stereocenters. The average Bonchev–Trinajstić information content (AvgIpc) is 2.54. The minimum atomic E-state index is -0.835. The molecule has 1 aliphatic heterocycles. The summed E-state index contributed by atoms with van der Waals surface area (Å²) in [7, 11) is 0. The van der Waals surface area contributed by atoms with Crippen molar-refractivity contribution in [2.45, 2.75) is 51.7 Å². The van der Waals surface area contributed by atoms with Gasteiger partial charge in [0, 0.05) is 24.7 Å². The van der Waals surface area contributed by atoms with Crippen LogP contribution in [0.3, 0.4) is 0 Å². The number of benzene rings is 1. The zero-order chi connectivity index (χ0) is 17.6. The first-order valence-electron chi connectivity index (χ1n) is 8.35. The normalized spacial score (nSPS) is 15.0. The molecule has 1 aromatic carbocycles. The second-order valence-electron chi connectivity index (χ2n) is 6.76. The van der Waals surface area contributed by atoms with Gasteiger partial charge in [0.15, 0.2) is 0 Å². The lowest BCUT2D eigenvalue weighted by Crippen LogP contribution is -2.42. The molecule has 24 heavy (non-hydrogen) atoms. The van der Waals surface area contributed by atoms with E-state index >= 15 is 0 Å². The third-order valence-electron chi connectivity index (χ3n) is 3.97. The van der Waals surface area contributed by atoms with Crippen molar-refractivity contribution in [1.29, 1.82) is 0 Å². The van der Waals surface area contributed by atoms with Gasteiger partial charge in [0.05, 0.1) is 6.42 Å². The van der Waals surface area contributed by atoms with Crippen LogP contribution in [0.2, 0.25) is 5.02 Å². The van der Waals surface area contributed by atoms with Crippen molar-refractivity contribution < 1.29 is 14.3 Å². The van der Waals surface area contributed by atoms with Crippen LogP contribution in [-0.2, 0) is 16.1 Å². The van der Waals surface area contributed by atoms with E-state index in [1.807, 2.05) is 12.1 Å². The van der Waals surface area contributed by atoms with Gasteiger partial charge in [-0.05, 0) is 50.8 Å². The summed E-state index contributed by atoms with van der Waals surface area (Å²) in [6, 6.07) is 7.30. The van der Waals surface area contributed by atoms with Gasteiger partial charge in [-0.2, -0.15) is 0 Å². The van der Waals surface area contributed by atoms with Crippen molar-refractivity contribution in [1.82, 2.24) is 10.2 Å². The van der Waals surface area contributed by atoms with E-state index in [4.69, 9.17) is 16.3 Å². The molecule has 1 fully saturated rings. The fraction of sp³-hybridized carbons (Fsp3) is 0.556. The third-order valence-corrected chi connectivity index (χ3v) is 4.22. The molecule has 6 heteroatoms. The molecule has 0 bridgehead atoms. The van der Waals surface area contributed by atoms with Crippen molar-refractivity contribution in [3.05, 3.63) is 34.9 Å². The number of hydrogen-bond acceptors (Lipinski definition) is 3. The zero-order valence-electron chi connectivity index (χ0n) is 14.3. The number of carbonyl (C=O) groups excluding carboxylic acids is 2. The number of ether oxygens (including phenoxy) is 1. The van der Waals surface area contributed by atoms with Crippen molar-refractivity contribution >= 4 is 23.6 Å². The van der Waals surface area contributed by atoms with Crippen LogP contribution in [0.5, 0.6) is 0 Å². The molecule has 0 spiro atoms. The molecule has 1 saturated heterocycles. The summed E-state index contributed by atoms with van der Waals surface area (Å²) in [6.45, 7) is 5.41. The summed E-state index contributed by atoms with van der Waals surface area (Å²) in [6.07, 6.45) is 2.97. The maximum absolute atomic E-state index is 12.2. The van der Waals surface area contributed by atoms with E-state index in [0.717, 1.165) is 37.9 Å². The van der Waals surface area contributed by atoms with Crippen LogP contribution in [0.15, 0.2) is 24.3 Å². The summed E-state index contributed by atoms with van der Waals surface area (Å²) in [5, 5.41) is 3.50. The van der Waals surface area contributed by atoms with Gasteiger partial charge >= 0.3 is 6.09 Å². The molecule has 1 aromatic rings. The minimum absolute atomic E-state index is 0.125. The van der Waals surface area contributed by atoms with Gasteiger partial charge < -0.3 is 15.0 Å². The van der Waals surface area contributed by atoms with Crippen LogP contribution in [0.25, 0.3) is 0 Å². The van der Waals surface area contributed by atoms with Gasteiger partial charge in [-0.15, -0.1) is 0 Å². The van der Waals surface area contributed by atoms with Crippen LogP contribution in [0.1, 0.15) is 45.1 Å². The lowest BCUT2D eigenvalue weighted by Gasteiger charge is -2.31. The molecule has 0 aromatic heterocycles. The van der Waals surface area contributed by atoms with Crippen LogP contribution >= 0.6 is 11.6 Å². The van der Waals surface area contributed by atoms with E-state index in [2.05, 4.69) is 5.32 Å². The van der Waals surface area contributed by atoms with E-state index in [1.165, 1.54) is 0 Å². The van der Waals surface area contributed by atoms with Gasteiger partial charge in [0.25, 0.3) is 0 Å². The summed E-state index contributed by atoms with van der Waals surface area (Å²) in [5.41, 5.74) is 0.134. The summed E-state index contributed by atoms with van der Waals surface area (Å²) in [4.78, 5) is 26.0. The summed E-state index contributed by atoms with van der Waals surface area (Å²) >= 11 is 5.83. The molecular formula is C18H25ClN2O3. The van der Waals surface area contributed by atoms with Gasteiger partial charge in [-0.3, -0.25) is 4.79 Å². The van der Waals surface area contributed by atoms with Crippen molar-refractivity contribution in [3.8, 4) is 0 Å². The number of nitrogens with zero attached hydrogens (tertiary/aromatic N) is 1. The fourth-order valence-electron chi connectivity index (χ4n) is 2.67. The standard InChI is InChI=1S/C18H25ClN2O3/c1-18(2,24-17(23)21-10-4-3-5-11-21)12-16(22)20-13-14-6-8-15(19)9-7-14/h6-9H,3-5,10-13H2,1-2H3,(H,20,22). The molecule has 0 saturated carbocycles. The topological polar surface area (TPSA) is 58.6 Å². The largest absolute Gasteiger partial charge is 0.443 e. The fourth-order valence-corrected chi connectivity index (χ4v) is 2.79. The Kier molecular flexibility index (Phi) is 6.49. The first kappa shape index (κ1) is 18.6. The third kappa shape index (κ3) is 6.04. The van der Waals surface area contributed by atoms with Crippen molar-refractivity contribution in [3.63, 3.8) is 0 Å². The number of nitrogens with one attached hydrogen (secondary N) is 1. The highest BCUT2D eigenvalue weighted by Crippen LogP contribution is 2.18. The Labute approximate surface area is 148 Å². The SMILES string of the molecule is CC(C)(CC(=O)NCc1ccc(Cl)cc1)OC(=O)N1CCCCC1. The molecule has 2 rings (SSSR count). The number of piperidine rings is 1. The monoisotopic (exact) mass is 352 g/mol. The average molecular weight is 353 g/mol. The predicted octanol–water partition coefficient (Wildman–Crippen LogP) is 3.75. The number of amides is 2. The van der Waals surface area contributed by atoms with Gasteiger partial charge in [0.1, 0.15) is 5.60 Å². The molecule has 2 amide bonds. The lowest BCUT2D eigenvalue weighted by atomic mass is 10.0. The Morgan fingerprint density at radius 2 is 1.79 bits per heavy atom. The molecule has 1 aliphatic rings. The molecule has 1 N–H and O–H groups in total. The Bertz CT molecular complexity index is 566. The minimum Gasteiger partial charge on any atom is -0.443 e. The van der Waals surface area contributed by atoms with Crippen molar-refractivity contribution in [2.24, 2.45) is 0 Å². The zero-order valence-corrected chi connectivity index (χ0v) is 15.1. The number of halogens is 1. The van der Waals surface area contributed by atoms with Crippen LogP contribution in [0, 0.1) is 0 Å². The van der Waals surface area contributed by atoms with Gasteiger partial charge in [0.2, 0.25) is 5.91 Å². The van der Waals surface area contributed by atoms with Gasteiger partial charge in [-0.1, -0.05) is 23.7 Å². The predicted molar refractivity (Wildman–Crippen MR) is 93.9 cm³/mol. The second kappa shape index (κ2) is 8.38. The number of carbonyl (C=O) groups is 2. The maximum Gasteiger partial charge on any atom is 0.410 e. The summed E-state index contributed by atoms with van der Waals surface area (Å²) in [5.74, 6) is -0.151. The Morgan fingerprint density at radius 3 is 2.42 bits per heavy atom. The van der Waals surface area contributed by atoms with Crippen molar-refractivity contribution in [2.75, 3.05) is 13.1 Å². The highest BCUT2D eigenvalue weighted by Gasteiger charge is 2.29. The lowest BCUT2D eigenvalue weighted by molar-refractivity contribution is -0.125. The molecular weight excluding hydrogens is 328 g/mol. The second-order valence-corrected chi connectivity index (χ2v) is 7.19. The van der Waals surface area contributed by atoms with E-state index in [-0.39, 0.29) is 18.4 Å². The number of rotatable bonds is 5. The van der Waals surface area contributed by atoms with Crippen LogP contribution < -0.4 is 5.32 Å². The van der Waals surface area contributed by atoms with E-state index in [0.29, 0.717) is 11.6 Å². The Balaban J connectivity index is 1.78. The first-order chi connectivity index (χ1) is 11.4. The quantitative estimate of drug-likeness (QED) is 0.878. The first-order valence-corrected chi connectivity index (χ1v) is 8.73.